The summed E-state index contributed by atoms with van der Waals surface area (Å²) in [5.41, 5.74) is 2.94. The number of H-pyrrole nitrogens is 3. The van der Waals surface area contributed by atoms with Gasteiger partial charge >= 0.3 is 0 Å². The van der Waals surface area contributed by atoms with E-state index in [1.54, 1.807) is 40.7 Å². The van der Waals surface area contributed by atoms with Gasteiger partial charge in [-0.15, -0.1) is 31.7 Å². The molecule has 2 amide bonds. The number of pyridine rings is 2. The highest BCUT2D eigenvalue weighted by Crippen LogP contribution is 2.25. The summed E-state index contributed by atoms with van der Waals surface area (Å²) in [5, 5.41) is 33.6. The third-order valence-corrected chi connectivity index (χ3v) is 7.22. The van der Waals surface area contributed by atoms with Gasteiger partial charge in [-0.05, 0) is 30.3 Å². The molecule has 0 radical (unpaired) electrons. The van der Waals surface area contributed by atoms with E-state index in [0.717, 1.165) is 5.56 Å². The van der Waals surface area contributed by atoms with Crippen LogP contribution in [-0.4, -0.2) is 77.1 Å². The highest BCUT2D eigenvalue weighted by atomic mass is 32.1. The zero-order valence-electron chi connectivity index (χ0n) is 23.5. The fourth-order valence-corrected chi connectivity index (χ4v) is 4.91. The molecule has 0 bridgehead atoms. The number of carbonyl (C=O) groups excluding carboxylic acids is 2. The van der Waals surface area contributed by atoms with Crippen LogP contribution in [0.25, 0.3) is 44.9 Å². The van der Waals surface area contributed by atoms with E-state index in [0.29, 0.717) is 39.3 Å². The third kappa shape index (κ3) is 5.88. The molecule has 0 unspecified atom stereocenters. The number of amides is 2. The number of carbonyl (C=O) groups is 2. The van der Waals surface area contributed by atoms with Crippen LogP contribution in [0.2, 0.25) is 0 Å². The summed E-state index contributed by atoms with van der Waals surface area (Å²) in [7, 11) is 1.81. The van der Waals surface area contributed by atoms with Crippen molar-refractivity contribution >= 4 is 35.0 Å². The van der Waals surface area contributed by atoms with Gasteiger partial charge in [0.15, 0.2) is 11.6 Å². The summed E-state index contributed by atoms with van der Waals surface area (Å²) in [6.07, 6.45) is 5.12. The number of rotatable bonds is 8. The summed E-state index contributed by atoms with van der Waals surface area (Å²) in [6.45, 7) is 0. The van der Waals surface area contributed by atoms with E-state index in [1.165, 1.54) is 23.5 Å². The van der Waals surface area contributed by atoms with Gasteiger partial charge in [-0.2, -0.15) is 10.2 Å². The fourth-order valence-electron chi connectivity index (χ4n) is 4.14. The molecule has 0 aliphatic rings. The minimum absolute atomic E-state index is 0.00690. The molecule has 0 aliphatic carbocycles. The normalized spacial score (nSPS) is 11.0. The average molecular weight is 634 g/mol. The quantitative estimate of drug-likeness (QED) is 0.162. The Balaban J connectivity index is 1.01. The molecule has 0 atom stereocenters. The number of aryl methyl sites for hydroxylation is 1. The first-order chi connectivity index (χ1) is 22.4. The Morgan fingerprint density at radius 3 is 2.20 bits per heavy atom. The van der Waals surface area contributed by atoms with Crippen molar-refractivity contribution in [2.75, 3.05) is 10.6 Å². The molecule has 0 aliphatic heterocycles. The molecule has 0 fully saturated rings. The molecule has 0 saturated heterocycles. The third-order valence-electron chi connectivity index (χ3n) is 6.33. The van der Waals surface area contributed by atoms with Crippen molar-refractivity contribution in [1.82, 2.24) is 65.3 Å². The lowest BCUT2D eigenvalue weighted by Crippen LogP contribution is -2.18. The van der Waals surface area contributed by atoms with E-state index < -0.39 is 17.4 Å². The molecule has 0 saturated carbocycles. The molecule has 7 rings (SSSR count). The number of hydrogen-bond acceptors (Lipinski definition) is 13. The Hall–Kier alpha value is -6.76. The minimum atomic E-state index is -0.579. The Labute approximate surface area is 260 Å². The fraction of sp³-hybridized carbons (Fsp3) is 0.0370. The highest BCUT2D eigenvalue weighted by molar-refractivity contribution is 7.13. The molecule has 18 nitrogen and oxygen atoms in total. The van der Waals surface area contributed by atoms with Crippen molar-refractivity contribution in [1.29, 1.82) is 0 Å². The van der Waals surface area contributed by atoms with Crippen molar-refractivity contribution in [3.63, 3.8) is 0 Å². The van der Waals surface area contributed by atoms with Crippen LogP contribution in [0.3, 0.4) is 0 Å². The van der Waals surface area contributed by atoms with Gasteiger partial charge < -0.3 is 9.97 Å². The van der Waals surface area contributed by atoms with Crippen LogP contribution in [0.5, 0.6) is 0 Å². The summed E-state index contributed by atoms with van der Waals surface area (Å²) < 4.78 is 1.66. The molecular weight excluding hydrogens is 614 g/mol. The number of aromatic amines is 3. The Morgan fingerprint density at radius 2 is 1.52 bits per heavy atom. The van der Waals surface area contributed by atoms with Crippen molar-refractivity contribution in [3.05, 3.63) is 88.2 Å². The monoisotopic (exact) mass is 633 g/mol. The summed E-state index contributed by atoms with van der Waals surface area (Å²) >= 11 is 1.34. The van der Waals surface area contributed by atoms with Gasteiger partial charge in [0, 0.05) is 42.0 Å². The van der Waals surface area contributed by atoms with Crippen LogP contribution >= 0.6 is 11.3 Å². The van der Waals surface area contributed by atoms with Gasteiger partial charge in [-0.1, -0.05) is 6.07 Å². The zero-order chi connectivity index (χ0) is 31.6. The molecule has 7 heterocycles. The lowest BCUT2D eigenvalue weighted by atomic mass is 10.1. The molecular formula is C27H19N15O3S. The van der Waals surface area contributed by atoms with E-state index in [9.17, 15) is 14.4 Å². The Kier molecular flexibility index (Phi) is 7.15. The second kappa shape index (κ2) is 11.7. The number of nitrogens with one attached hydrogen (secondary N) is 5. The van der Waals surface area contributed by atoms with E-state index in [2.05, 4.69) is 71.2 Å². The van der Waals surface area contributed by atoms with Crippen molar-refractivity contribution in [3.8, 4) is 44.9 Å². The Morgan fingerprint density at radius 1 is 0.783 bits per heavy atom. The maximum atomic E-state index is 12.8. The topological polar surface area (TPSA) is 244 Å². The van der Waals surface area contributed by atoms with Gasteiger partial charge in [0.05, 0.1) is 11.9 Å². The number of thiazole rings is 1. The molecule has 0 spiro atoms. The first-order valence-electron chi connectivity index (χ1n) is 13.3. The number of anilines is 2. The molecule has 46 heavy (non-hydrogen) atoms. The van der Waals surface area contributed by atoms with Crippen molar-refractivity contribution in [2.45, 2.75) is 0 Å². The van der Waals surface area contributed by atoms with Crippen molar-refractivity contribution in [2.24, 2.45) is 7.05 Å². The molecule has 226 valence electrons. The van der Waals surface area contributed by atoms with Crippen molar-refractivity contribution < 1.29 is 9.59 Å². The van der Waals surface area contributed by atoms with Crippen LogP contribution in [-0.2, 0) is 7.05 Å². The van der Waals surface area contributed by atoms with Crippen LogP contribution < -0.4 is 16.2 Å². The van der Waals surface area contributed by atoms with E-state index >= 15 is 0 Å². The van der Waals surface area contributed by atoms with Gasteiger partial charge in [0.1, 0.15) is 27.8 Å². The van der Waals surface area contributed by atoms with E-state index in [1.807, 2.05) is 25.4 Å². The standard InChI is InChI=1S/C27H19N15O3S/c1-42-11-14(10-29-42)25-31-19(12-46-25)24(45)35-27-33-22(39-41-27)17-4-2-3-15(30-17)13-5-6-16(28-9-13)21-32-26(40-38-21)34-23(44)18-7-8-20(43)37-36-18/h2-12H,1H3,(H,37,43)(H2,32,34,38,40,44)(H2,33,35,39,41,45). The number of hydrogen-bond donors (Lipinski definition) is 5. The SMILES string of the molecule is Cn1cc(-c2nc(C(=O)Nc3nnc(-c4cccc(-c5ccc(-c6nnc(NC(=O)c7ccc(=O)[nH]n7)[nH]6)nc5)n4)[nH]3)cs2)cn1. The van der Waals surface area contributed by atoms with Crippen LogP contribution in [0, 0.1) is 0 Å². The summed E-state index contributed by atoms with van der Waals surface area (Å²) in [6, 6.07) is 11.4. The number of aromatic nitrogens is 13. The predicted octanol–water partition coefficient (Wildman–Crippen LogP) is 2.16. The predicted molar refractivity (Wildman–Crippen MR) is 163 cm³/mol. The van der Waals surface area contributed by atoms with Gasteiger partial charge in [0.2, 0.25) is 11.9 Å². The Bertz CT molecular complexity index is 2240. The van der Waals surface area contributed by atoms with Crippen LogP contribution in [0.4, 0.5) is 11.9 Å². The lowest BCUT2D eigenvalue weighted by molar-refractivity contribution is 0.101. The molecule has 19 heteroatoms. The summed E-state index contributed by atoms with van der Waals surface area (Å²) in [4.78, 5) is 55.6. The highest BCUT2D eigenvalue weighted by Gasteiger charge is 2.17. The average Bonchev–Trinajstić information content (AvgIpc) is 3.90. The maximum absolute atomic E-state index is 12.8. The largest absolute Gasteiger partial charge is 0.306 e. The lowest BCUT2D eigenvalue weighted by Gasteiger charge is -2.04. The molecule has 0 aromatic carbocycles. The van der Waals surface area contributed by atoms with Gasteiger partial charge in [0.25, 0.3) is 17.4 Å². The second-order valence-electron chi connectivity index (χ2n) is 9.54. The first-order valence-corrected chi connectivity index (χ1v) is 14.2. The van der Waals surface area contributed by atoms with Crippen LogP contribution in [0.15, 0.2) is 71.2 Å². The summed E-state index contributed by atoms with van der Waals surface area (Å²) in [5.74, 6) is -0.119. The van der Waals surface area contributed by atoms with E-state index in [4.69, 9.17) is 0 Å². The van der Waals surface area contributed by atoms with E-state index in [-0.39, 0.29) is 23.3 Å². The number of nitrogens with zero attached hydrogens (tertiary/aromatic N) is 10. The first kappa shape index (κ1) is 28.0. The zero-order valence-corrected chi connectivity index (χ0v) is 24.3. The minimum Gasteiger partial charge on any atom is -0.306 e. The van der Waals surface area contributed by atoms with Gasteiger partial charge in [-0.3, -0.25) is 34.7 Å². The molecule has 5 N–H and O–H groups in total. The smallest absolute Gasteiger partial charge is 0.278 e. The molecule has 7 aromatic heterocycles. The second-order valence-corrected chi connectivity index (χ2v) is 10.4. The molecule has 7 aromatic rings. The van der Waals surface area contributed by atoms with Crippen LogP contribution in [0.1, 0.15) is 21.0 Å². The maximum Gasteiger partial charge on any atom is 0.278 e. The van der Waals surface area contributed by atoms with Gasteiger partial charge in [-0.25, -0.2) is 15.1 Å².